The number of rotatable bonds is 3. The van der Waals surface area contributed by atoms with Crippen molar-refractivity contribution in [3.05, 3.63) is 53.8 Å². The zero-order valence-corrected chi connectivity index (χ0v) is 12.8. The van der Waals surface area contributed by atoms with Crippen LogP contribution < -0.4 is 15.5 Å². The van der Waals surface area contributed by atoms with E-state index in [1.165, 1.54) is 5.69 Å². The summed E-state index contributed by atoms with van der Waals surface area (Å²) in [5.74, 6) is 0. The summed E-state index contributed by atoms with van der Waals surface area (Å²) in [5, 5.41) is 5.99. The van der Waals surface area contributed by atoms with Gasteiger partial charge < -0.3 is 15.5 Å². The van der Waals surface area contributed by atoms with Gasteiger partial charge in [-0.2, -0.15) is 0 Å². The maximum atomic E-state index is 12.0. The Balaban J connectivity index is 1.54. The lowest BCUT2D eigenvalue weighted by atomic mass is 10.3. The van der Waals surface area contributed by atoms with Crippen molar-refractivity contribution in [3.8, 4) is 0 Å². The number of urea groups is 1. The lowest BCUT2D eigenvalue weighted by molar-refractivity contribution is 0.249. The highest BCUT2D eigenvalue weighted by atomic mass is 35.5. The molecule has 2 N–H and O–H groups in total. The second kappa shape index (κ2) is 6.66. The number of nitrogens with one attached hydrogen (secondary N) is 2. The van der Waals surface area contributed by atoms with Crippen LogP contribution in [0.3, 0.4) is 0 Å². The molecule has 1 atom stereocenters. The molecule has 0 aliphatic carbocycles. The third kappa shape index (κ3) is 3.49. The van der Waals surface area contributed by atoms with Crippen LogP contribution >= 0.6 is 11.6 Å². The second-order valence-corrected chi connectivity index (χ2v) is 5.57. The van der Waals surface area contributed by atoms with E-state index in [9.17, 15) is 4.79 Å². The Morgan fingerprint density at radius 3 is 2.82 bits per heavy atom. The standard InChI is InChI=1S/C16H17ClN4O/c17-15-14(7-4-9-18-15)20-16(22)19-12-8-10-21(11-12)13-5-2-1-3-6-13/h1-7,9,12H,8,10-11H2,(H2,19,20,22). The van der Waals surface area contributed by atoms with E-state index in [4.69, 9.17) is 11.6 Å². The van der Waals surface area contributed by atoms with E-state index in [2.05, 4.69) is 32.7 Å². The first-order valence-corrected chi connectivity index (χ1v) is 7.58. The van der Waals surface area contributed by atoms with E-state index < -0.39 is 0 Å². The van der Waals surface area contributed by atoms with Crippen LogP contribution in [0.1, 0.15) is 6.42 Å². The van der Waals surface area contributed by atoms with Gasteiger partial charge in [-0.15, -0.1) is 0 Å². The minimum atomic E-state index is -0.255. The molecule has 3 rings (SSSR count). The highest BCUT2D eigenvalue weighted by Crippen LogP contribution is 2.20. The molecular weight excluding hydrogens is 300 g/mol. The van der Waals surface area contributed by atoms with Crippen LogP contribution in [0.2, 0.25) is 5.15 Å². The number of nitrogens with zero attached hydrogens (tertiary/aromatic N) is 2. The smallest absolute Gasteiger partial charge is 0.319 e. The van der Waals surface area contributed by atoms with E-state index in [0.717, 1.165) is 19.5 Å². The molecule has 0 saturated carbocycles. The molecule has 1 aliphatic rings. The van der Waals surface area contributed by atoms with E-state index in [1.54, 1.807) is 18.3 Å². The van der Waals surface area contributed by atoms with Gasteiger partial charge in [0, 0.05) is 31.0 Å². The number of amides is 2. The van der Waals surface area contributed by atoms with Crippen LogP contribution in [-0.4, -0.2) is 30.1 Å². The number of para-hydroxylation sites is 1. The van der Waals surface area contributed by atoms with E-state index in [0.29, 0.717) is 5.69 Å². The number of hydrogen-bond acceptors (Lipinski definition) is 3. The van der Waals surface area contributed by atoms with Gasteiger partial charge in [-0.1, -0.05) is 29.8 Å². The second-order valence-electron chi connectivity index (χ2n) is 5.21. The minimum Gasteiger partial charge on any atom is -0.369 e. The van der Waals surface area contributed by atoms with Crippen LogP contribution in [0.4, 0.5) is 16.2 Å². The molecule has 0 spiro atoms. The van der Waals surface area contributed by atoms with Crippen molar-refractivity contribution in [3.63, 3.8) is 0 Å². The number of aromatic nitrogens is 1. The number of benzene rings is 1. The third-order valence-electron chi connectivity index (χ3n) is 3.65. The first-order chi connectivity index (χ1) is 10.7. The summed E-state index contributed by atoms with van der Waals surface area (Å²) in [6.45, 7) is 1.74. The summed E-state index contributed by atoms with van der Waals surface area (Å²) in [6, 6.07) is 13.5. The van der Waals surface area contributed by atoms with Crippen LogP contribution in [0.15, 0.2) is 48.7 Å². The molecule has 1 fully saturated rings. The molecule has 6 heteroatoms. The summed E-state index contributed by atoms with van der Waals surface area (Å²) >= 11 is 5.93. The quantitative estimate of drug-likeness (QED) is 0.855. The topological polar surface area (TPSA) is 57.3 Å². The maximum Gasteiger partial charge on any atom is 0.319 e. The van der Waals surface area contributed by atoms with Gasteiger partial charge in [-0.25, -0.2) is 9.78 Å². The maximum absolute atomic E-state index is 12.0. The Hall–Kier alpha value is -2.27. The molecule has 2 heterocycles. The average molecular weight is 317 g/mol. The van der Waals surface area contributed by atoms with Crippen LogP contribution in [-0.2, 0) is 0 Å². The van der Waals surface area contributed by atoms with Gasteiger partial charge in [0.25, 0.3) is 0 Å². The molecular formula is C16H17ClN4O. The fourth-order valence-electron chi connectivity index (χ4n) is 2.57. The van der Waals surface area contributed by atoms with Crippen molar-refractivity contribution in [2.24, 2.45) is 0 Å². The zero-order valence-electron chi connectivity index (χ0n) is 12.0. The van der Waals surface area contributed by atoms with E-state index in [1.807, 2.05) is 18.2 Å². The number of anilines is 2. The molecule has 0 radical (unpaired) electrons. The number of carbonyl (C=O) groups excluding carboxylic acids is 1. The molecule has 1 aliphatic heterocycles. The molecule has 22 heavy (non-hydrogen) atoms. The van der Waals surface area contributed by atoms with E-state index in [-0.39, 0.29) is 17.2 Å². The SMILES string of the molecule is O=C(Nc1cccnc1Cl)NC1CCN(c2ccccc2)C1. The van der Waals surface area contributed by atoms with Gasteiger partial charge in [0.1, 0.15) is 0 Å². The van der Waals surface area contributed by atoms with Crippen LogP contribution in [0, 0.1) is 0 Å². The Labute approximate surface area is 134 Å². The Morgan fingerprint density at radius 2 is 2.05 bits per heavy atom. The monoisotopic (exact) mass is 316 g/mol. The lowest BCUT2D eigenvalue weighted by Gasteiger charge is -2.19. The summed E-state index contributed by atoms with van der Waals surface area (Å²) in [4.78, 5) is 18.2. The summed E-state index contributed by atoms with van der Waals surface area (Å²) < 4.78 is 0. The summed E-state index contributed by atoms with van der Waals surface area (Å²) in [5.41, 5.74) is 1.70. The van der Waals surface area contributed by atoms with Gasteiger partial charge in [-0.3, -0.25) is 0 Å². The third-order valence-corrected chi connectivity index (χ3v) is 3.95. The average Bonchev–Trinajstić information content (AvgIpc) is 2.99. The zero-order chi connectivity index (χ0) is 15.4. The fraction of sp³-hybridized carbons (Fsp3) is 0.250. The van der Waals surface area contributed by atoms with Crippen LogP contribution in [0.25, 0.3) is 0 Å². The summed E-state index contributed by atoms with van der Waals surface area (Å²) in [7, 11) is 0. The van der Waals surface area contributed by atoms with Gasteiger partial charge >= 0.3 is 6.03 Å². The van der Waals surface area contributed by atoms with Crippen molar-refractivity contribution in [2.75, 3.05) is 23.3 Å². The largest absolute Gasteiger partial charge is 0.369 e. The van der Waals surface area contributed by atoms with Crippen molar-refractivity contribution in [1.29, 1.82) is 0 Å². The van der Waals surface area contributed by atoms with Crippen molar-refractivity contribution in [1.82, 2.24) is 10.3 Å². The highest BCUT2D eigenvalue weighted by Gasteiger charge is 2.24. The summed E-state index contributed by atoms with van der Waals surface area (Å²) in [6.07, 6.45) is 2.50. The van der Waals surface area contributed by atoms with Crippen molar-refractivity contribution >= 4 is 29.0 Å². The molecule has 114 valence electrons. The lowest BCUT2D eigenvalue weighted by Crippen LogP contribution is -2.39. The number of hydrogen-bond donors (Lipinski definition) is 2. The Bertz CT molecular complexity index is 650. The molecule has 1 aromatic heterocycles. The first kappa shape index (κ1) is 14.7. The van der Waals surface area contributed by atoms with E-state index >= 15 is 0 Å². The highest BCUT2D eigenvalue weighted by molar-refractivity contribution is 6.32. The molecule has 2 aromatic rings. The predicted molar refractivity (Wildman–Crippen MR) is 88.5 cm³/mol. The van der Waals surface area contributed by atoms with Gasteiger partial charge in [0.05, 0.1) is 5.69 Å². The van der Waals surface area contributed by atoms with Crippen molar-refractivity contribution in [2.45, 2.75) is 12.5 Å². The number of halogens is 1. The van der Waals surface area contributed by atoms with Gasteiger partial charge in [0.15, 0.2) is 5.15 Å². The van der Waals surface area contributed by atoms with Crippen LogP contribution in [0.5, 0.6) is 0 Å². The fourth-order valence-corrected chi connectivity index (χ4v) is 2.74. The van der Waals surface area contributed by atoms with Gasteiger partial charge in [0.2, 0.25) is 0 Å². The molecule has 2 amide bonds. The van der Waals surface area contributed by atoms with Gasteiger partial charge in [-0.05, 0) is 30.7 Å². The number of carbonyl (C=O) groups is 1. The molecule has 5 nitrogen and oxygen atoms in total. The normalized spacial score (nSPS) is 17.3. The minimum absolute atomic E-state index is 0.121. The molecule has 0 bridgehead atoms. The molecule has 1 unspecified atom stereocenters. The first-order valence-electron chi connectivity index (χ1n) is 7.20. The number of pyridine rings is 1. The Morgan fingerprint density at radius 1 is 1.23 bits per heavy atom. The molecule has 1 saturated heterocycles. The Kier molecular flexibility index (Phi) is 4.44. The molecule has 1 aromatic carbocycles. The predicted octanol–water partition coefficient (Wildman–Crippen LogP) is 3.14. The van der Waals surface area contributed by atoms with Crippen molar-refractivity contribution < 1.29 is 4.79 Å².